The molecule has 1 aromatic heterocycles. The largest absolute Gasteiger partial charge is 0.375 e. The molecule has 0 bridgehead atoms. The molecule has 1 unspecified atom stereocenters. The molecule has 1 aliphatic carbocycles. The predicted molar refractivity (Wildman–Crippen MR) is 72.2 cm³/mol. The van der Waals surface area contributed by atoms with Gasteiger partial charge in [0.2, 0.25) is 0 Å². The maximum absolute atomic E-state index is 5.85. The van der Waals surface area contributed by atoms with E-state index in [9.17, 15) is 0 Å². The molecule has 92 valence electrons. The normalized spacial score (nSPS) is 27.2. The lowest BCUT2D eigenvalue weighted by atomic mass is 9.87. The van der Waals surface area contributed by atoms with Crippen LogP contribution in [0.2, 0.25) is 0 Å². The zero-order valence-electron chi connectivity index (χ0n) is 10.3. The number of thiazole rings is 1. The van der Waals surface area contributed by atoms with Gasteiger partial charge in [0.25, 0.3) is 0 Å². The SMILES string of the molecule is CCC[NH+]1CCC=C2c3nc(N)sc3CC[C@@H]21. The Hall–Kier alpha value is -0.870. The summed E-state index contributed by atoms with van der Waals surface area (Å²) in [5.74, 6) is 0. The van der Waals surface area contributed by atoms with Gasteiger partial charge in [-0.1, -0.05) is 13.0 Å². The van der Waals surface area contributed by atoms with Gasteiger partial charge in [-0.3, -0.25) is 0 Å². The van der Waals surface area contributed by atoms with E-state index in [-0.39, 0.29) is 0 Å². The molecule has 0 saturated heterocycles. The van der Waals surface area contributed by atoms with E-state index in [2.05, 4.69) is 18.0 Å². The topological polar surface area (TPSA) is 43.4 Å². The minimum Gasteiger partial charge on any atom is -0.375 e. The molecule has 0 saturated carbocycles. The second kappa shape index (κ2) is 4.42. The van der Waals surface area contributed by atoms with E-state index in [0.717, 1.165) is 5.13 Å². The van der Waals surface area contributed by atoms with Crippen LogP contribution in [0.5, 0.6) is 0 Å². The molecule has 2 atom stereocenters. The van der Waals surface area contributed by atoms with Crippen molar-refractivity contribution in [2.75, 3.05) is 18.8 Å². The van der Waals surface area contributed by atoms with Gasteiger partial charge in [0.15, 0.2) is 5.13 Å². The molecule has 0 aromatic carbocycles. The first-order valence-corrected chi connectivity index (χ1v) is 7.41. The van der Waals surface area contributed by atoms with E-state index in [1.807, 2.05) is 0 Å². The molecule has 0 fully saturated rings. The van der Waals surface area contributed by atoms with Crippen molar-refractivity contribution >= 4 is 22.0 Å². The van der Waals surface area contributed by atoms with Gasteiger partial charge in [0.1, 0.15) is 6.04 Å². The molecular weight excluding hydrogens is 230 g/mol. The lowest BCUT2D eigenvalue weighted by Gasteiger charge is -2.35. The van der Waals surface area contributed by atoms with Crippen LogP contribution in [0.25, 0.3) is 5.57 Å². The highest BCUT2D eigenvalue weighted by atomic mass is 32.1. The Kier molecular flexibility index (Phi) is 2.92. The Labute approximate surface area is 106 Å². The van der Waals surface area contributed by atoms with E-state index < -0.39 is 0 Å². The van der Waals surface area contributed by atoms with Crippen LogP contribution in [0, 0.1) is 0 Å². The molecule has 0 radical (unpaired) electrons. The molecular formula is C13H20N3S+. The van der Waals surface area contributed by atoms with Gasteiger partial charge < -0.3 is 10.6 Å². The molecule has 2 aliphatic rings. The molecule has 2 heterocycles. The lowest BCUT2D eigenvalue weighted by Crippen LogP contribution is -3.16. The number of anilines is 1. The number of fused-ring (bicyclic) bond motifs is 3. The predicted octanol–water partition coefficient (Wildman–Crippen LogP) is 1.12. The van der Waals surface area contributed by atoms with Crippen molar-refractivity contribution in [2.24, 2.45) is 0 Å². The van der Waals surface area contributed by atoms with E-state index in [4.69, 9.17) is 5.73 Å². The van der Waals surface area contributed by atoms with Crippen LogP contribution in [0.1, 0.15) is 36.8 Å². The number of hydrogen-bond donors (Lipinski definition) is 2. The molecule has 1 aliphatic heterocycles. The van der Waals surface area contributed by atoms with Crippen molar-refractivity contribution in [1.29, 1.82) is 0 Å². The Balaban J connectivity index is 1.95. The van der Waals surface area contributed by atoms with Crippen LogP contribution in [0.4, 0.5) is 5.13 Å². The number of quaternary nitrogens is 1. The molecule has 17 heavy (non-hydrogen) atoms. The summed E-state index contributed by atoms with van der Waals surface area (Å²) in [7, 11) is 0. The molecule has 0 spiro atoms. The van der Waals surface area contributed by atoms with Crippen molar-refractivity contribution < 1.29 is 4.90 Å². The first kappa shape index (κ1) is 11.2. The summed E-state index contributed by atoms with van der Waals surface area (Å²) in [6, 6.07) is 0.678. The van der Waals surface area contributed by atoms with Crippen LogP contribution in [-0.2, 0) is 6.42 Å². The molecule has 4 heteroatoms. The average molecular weight is 250 g/mol. The van der Waals surface area contributed by atoms with Crippen LogP contribution in [0.3, 0.4) is 0 Å². The van der Waals surface area contributed by atoms with Crippen molar-refractivity contribution in [3.63, 3.8) is 0 Å². The van der Waals surface area contributed by atoms with Gasteiger partial charge in [-0.05, 0) is 12.8 Å². The Bertz CT molecular complexity index is 450. The van der Waals surface area contributed by atoms with Gasteiger partial charge in [-0.25, -0.2) is 4.98 Å². The first-order chi connectivity index (χ1) is 8.29. The zero-order valence-corrected chi connectivity index (χ0v) is 11.1. The number of nitrogens with two attached hydrogens (primary N) is 1. The highest BCUT2D eigenvalue weighted by Gasteiger charge is 2.35. The van der Waals surface area contributed by atoms with Gasteiger partial charge in [-0.2, -0.15) is 0 Å². The van der Waals surface area contributed by atoms with Gasteiger partial charge in [0.05, 0.1) is 18.8 Å². The van der Waals surface area contributed by atoms with Crippen LogP contribution in [-0.4, -0.2) is 24.1 Å². The second-order valence-corrected chi connectivity index (χ2v) is 6.14. The molecule has 0 amide bonds. The van der Waals surface area contributed by atoms with Gasteiger partial charge in [0, 0.05) is 23.3 Å². The van der Waals surface area contributed by atoms with Crippen molar-refractivity contribution in [2.45, 2.75) is 38.6 Å². The lowest BCUT2D eigenvalue weighted by molar-refractivity contribution is -0.918. The quantitative estimate of drug-likeness (QED) is 0.826. The Morgan fingerprint density at radius 1 is 1.59 bits per heavy atom. The summed E-state index contributed by atoms with van der Waals surface area (Å²) < 4.78 is 0. The van der Waals surface area contributed by atoms with Gasteiger partial charge in [-0.15, -0.1) is 11.3 Å². The highest BCUT2D eigenvalue weighted by molar-refractivity contribution is 7.15. The smallest absolute Gasteiger partial charge is 0.180 e. The minimum atomic E-state index is 0.678. The fourth-order valence-electron chi connectivity index (χ4n) is 3.23. The first-order valence-electron chi connectivity index (χ1n) is 6.59. The van der Waals surface area contributed by atoms with Crippen LogP contribution < -0.4 is 10.6 Å². The number of nitrogen functional groups attached to an aromatic ring is 1. The summed E-state index contributed by atoms with van der Waals surface area (Å²) in [6.07, 6.45) is 7.30. The Morgan fingerprint density at radius 2 is 2.47 bits per heavy atom. The average Bonchev–Trinajstić information content (AvgIpc) is 2.70. The van der Waals surface area contributed by atoms with E-state index in [1.165, 1.54) is 54.9 Å². The molecule has 1 aromatic rings. The number of nitrogens with one attached hydrogen (secondary N) is 1. The van der Waals surface area contributed by atoms with E-state index in [1.54, 1.807) is 16.2 Å². The van der Waals surface area contributed by atoms with Crippen molar-refractivity contribution in [3.05, 3.63) is 16.6 Å². The number of nitrogens with zero attached hydrogens (tertiary/aromatic N) is 1. The highest BCUT2D eigenvalue weighted by Crippen LogP contribution is 2.35. The maximum Gasteiger partial charge on any atom is 0.180 e. The van der Waals surface area contributed by atoms with Crippen molar-refractivity contribution in [1.82, 2.24) is 4.98 Å². The fraction of sp³-hybridized carbons (Fsp3) is 0.615. The van der Waals surface area contributed by atoms with Crippen molar-refractivity contribution in [3.8, 4) is 0 Å². The maximum atomic E-state index is 5.85. The Morgan fingerprint density at radius 3 is 3.29 bits per heavy atom. The second-order valence-electron chi connectivity index (χ2n) is 5.02. The van der Waals surface area contributed by atoms with Gasteiger partial charge >= 0.3 is 0 Å². The van der Waals surface area contributed by atoms with Crippen LogP contribution >= 0.6 is 11.3 Å². The molecule has 3 nitrogen and oxygen atoms in total. The summed E-state index contributed by atoms with van der Waals surface area (Å²) in [6.45, 7) is 4.86. The third kappa shape index (κ3) is 1.89. The summed E-state index contributed by atoms with van der Waals surface area (Å²) in [5, 5.41) is 0.735. The van der Waals surface area contributed by atoms with Crippen LogP contribution in [0.15, 0.2) is 6.08 Å². The number of aryl methyl sites for hydroxylation is 1. The summed E-state index contributed by atoms with van der Waals surface area (Å²) >= 11 is 1.68. The molecule has 3 N–H and O–H groups in total. The van der Waals surface area contributed by atoms with E-state index in [0.29, 0.717) is 6.04 Å². The monoisotopic (exact) mass is 250 g/mol. The number of aromatic nitrogens is 1. The summed E-state index contributed by atoms with van der Waals surface area (Å²) in [4.78, 5) is 7.70. The molecule has 3 rings (SSSR count). The fourth-order valence-corrected chi connectivity index (χ4v) is 4.10. The van der Waals surface area contributed by atoms with E-state index >= 15 is 0 Å². The number of hydrogen-bond acceptors (Lipinski definition) is 3. The number of rotatable bonds is 2. The standard InChI is InChI=1S/C13H19N3S/c1-2-7-16-8-3-4-9-10(16)5-6-11-12(9)15-13(14)17-11/h4,10H,2-3,5-8H2,1H3,(H2,14,15)/p+1/t10-/m0/s1. The minimum absolute atomic E-state index is 0.678. The third-order valence-corrected chi connectivity index (χ3v) is 4.86. The zero-order chi connectivity index (χ0) is 11.8. The summed E-state index contributed by atoms with van der Waals surface area (Å²) in [5.41, 5.74) is 8.55. The third-order valence-electron chi connectivity index (χ3n) is 3.92.